The maximum Gasteiger partial charge on any atom is 0.317 e. The van der Waals surface area contributed by atoms with E-state index < -0.39 is 11.9 Å². The highest BCUT2D eigenvalue weighted by Gasteiger charge is 2.31. The standard InChI is InChI=1S/C13H24N2O4/c1-3-4-5-11(9-19-2)14-13(18)15-7-6-10(8-15)12(16)17/h10-11H,3-9H2,1-2H3,(H,14,18)(H,16,17). The summed E-state index contributed by atoms with van der Waals surface area (Å²) in [4.78, 5) is 24.5. The summed E-state index contributed by atoms with van der Waals surface area (Å²) in [5, 5.41) is 11.8. The van der Waals surface area contributed by atoms with Crippen molar-refractivity contribution in [3.8, 4) is 0 Å². The number of nitrogens with one attached hydrogen (secondary N) is 1. The molecule has 0 radical (unpaired) electrons. The van der Waals surface area contributed by atoms with Gasteiger partial charge in [0.05, 0.1) is 18.6 Å². The van der Waals surface area contributed by atoms with Crippen molar-refractivity contribution in [2.75, 3.05) is 26.8 Å². The molecule has 110 valence electrons. The number of rotatable bonds is 7. The first-order valence-corrected chi connectivity index (χ1v) is 6.85. The zero-order valence-corrected chi connectivity index (χ0v) is 11.7. The fraction of sp³-hybridized carbons (Fsp3) is 0.846. The van der Waals surface area contributed by atoms with E-state index in [0.717, 1.165) is 19.3 Å². The molecule has 6 nitrogen and oxygen atoms in total. The Morgan fingerprint density at radius 1 is 1.53 bits per heavy atom. The van der Waals surface area contributed by atoms with Crippen LogP contribution >= 0.6 is 0 Å². The number of likely N-dealkylation sites (tertiary alicyclic amines) is 1. The SMILES string of the molecule is CCCCC(COC)NC(=O)N1CCC(C(=O)O)C1. The van der Waals surface area contributed by atoms with Gasteiger partial charge in [-0.3, -0.25) is 4.79 Å². The summed E-state index contributed by atoms with van der Waals surface area (Å²) in [6.45, 7) is 3.40. The molecule has 1 rings (SSSR count). The van der Waals surface area contributed by atoms with Crippen LogP contribution in [0.4, 0.5) is 4.79 Å². The number of carboxylic acids is 1. The smallest absolute Gasteiger partial charge is 0.317 e. The Morgan fingerprint density at radius 3 is 2.79 bits per heavy atom. The Bertz CT molecular complexity index is 309. The molecule has 1 saturated heterocycles. The average Bonchev–Trinajstić information content (AvgIpc) is 2.86. The number of methoxy groups -OCH3 is 1. The first-order chi connectivity index (χ1) is 9.08. The van der Waals surface area contributed by atoms with Gasteiger partial charge in [-0.1, -0.05) is 19.8 Å². The van der Waals surface area contributed by atoms with Crippen LogP contribution in [-0.2, 0) is 9.53 Å². The highest BCUT2D eigenvalue weighted by molar-refractivity contribution is 5.77. The van der Waals surface area contributed by atoms with Crippen LogP contribution in [0.5, 0.6) is 0 Å². The number of aliphatic carboxylic acids is 1. The van der Waals surface area contributed by atoms with Crippen molar-refractivity contribution in [3.05, 3.63) is 0 Å². The van der Waals surface area contributed by atoms with E-state index in [2.05, 4.69) is 12.2 Å². The largest absolute Gasteiger partial charge is 0.481 e. The van der Waals surface area contributed by atoms with Crippen molar-refractivity contribution in [2.45, 2.75) is 38.6 Å². The number of carboxylic acid groups (broad SMARTS) is 1. The molecular weight excluding hydrogens is 248 g/mol. The molecule has 0 spiro atoms. The normalized spacial score (nSPS) is 20.3. The molecule has 2 atom stereocenters. The van der Waals surface area contributed by atoms with Gasteiger partial charge in [0.2, 0.25) is 0 Å². The van der Waals surface area contributed by atoms with E-state index in [4.69, 9.17) is 9.84 Å². The van der Waals surface area contributed by atoms with Gasteiger partial charge in [0.1, 0.15) is 0 Å². The second-order valence-electron chi connectivity index (χ2n) is 5.01. The second kappa shape index (κ2) is 7.99. The van der Waals surface area contributed by atoms with Gasteiger partial charge >= 0.3 is 12.0 Å². The number of carbonyl (C=O) groups is 2. The first kappa shape index (κ1) is 15.8. The Kier molecular flexibility index (Phi) is 6.62. The molecule has 1 aliphatic rings. The van der Waals surface area contributed by atoms with E-state index in [0.29, 0.717) is 26.1 Å². The number of unbranched alkanes of at least 4 members (excludes halogenated alkanes) is 1. The van der Waals surface area contributed by atoms with Crippen LogP contribution in [0.25, 0.3) is 0 Å². The minimum atomic E-state index is -0.824. The number of nitrogens with zero attached hydrogens (tertiary/aromatic N) is 1. The van der Waals surface area contributed by atoms with Crippen LogP contribution in [0, 0.1) is 5.92 Å². The third-order valence-electron chi connectivity index (χ3n) is 3.43. The van der Waals surface area contributed by atoms with E-state index in [1.165, 1.54) is 0 Å². The summed E-state index contributed by atoms with van der Waals surface area (Å²) >= 11 is 0. The van der Waals surface area contributed by atoms with E-state index in [1.54, 1.807) is 12.0 Å². The monoisotopic (exact) mass is 272 g/mol. The van der Waals surface area contributed by atoms with Crippen molar-refractivity contribution in [2.24, 2.45) is 5.92 Å². The number of urea groups is 1. The van der Waals surface area contributed by atoms with Crippen LogP contribution in [0.2, 0.25) is 0 Å². The topological polar surface area (TPSA) is 78.9 Å². The Morgan fingerprint density at radius 2 is 2.26 bits per heavy atom. The maximum absolute atomic E-state index is 12.0. The summed E-state index contributed by atoms with van der Waals surface area (Å²) in [5.41, 5.74) is 0. The van der Waals surface area contributed by atoms with Gasteiger partial charge in [-0.05, 0) is 12.8 Å². The fourth-order valence-corrected chi connectivity index (χ4v) is 2.26. The minimum absolute atomic E-state index is 0.00123. The number of hydrogen-bond acceptors (Lipinski definition) is 3. The van der Waals surface area contributed by atoms with Gasteiger partial charge in [0.25, 0.3) is 0 Å². The van der Waals surface area contributed by atoms with Gasteiger partial charge < -0.3 is 20.1 Å². The Labute approximate surface area is 114 Å². The predicted molar refractivity (Wildman–Crippen MR) is 71.0 cm³/mol. The molecule has 0 aromatic carbocycles. The van der Waals surface area contributed by atoms with Gasteiger partial charge in [-0.2, -0.15) is 0 Å². The molecule has 0 saturated carbocycles. The van der Waals surface area contributed by atoms with E-state index in [1.807, 2.05) is 0 Å². The lowest BCUT2D eigenvalue weighted by Gasteiger charge is -2.22. The van der Waals surface area contributed by atoms with Crippen LogP contribution in [0.1, 0.15) is 32.6 Å². The maximum atomic E-state index is 12.0. The summed E-state index contributed by atoms with van der Waals surface area (Å²) in [7, 11) is 1.61. The lowest BCUT2D eigenvalue weighted by Crippen LogP contribution is -2.45. The molecule has 0 aromatic rings. The third-order valence-corrected chi connectivity index (χ3v) is 3.43. The van der Waals surface area contributed by atoms with Gasteiger partial charge in [-0.25, -0.2) is 4.79 Å². The number of hydrogen-bond donors (Lipinski definition) is 2. The highest BCUT2D eigenvalue weighted by atomic mass is 16.5. The fourth-order valence-electron chi connectivity index (χ4n) is 2.26. The van der Waals surface area contributed by atoms with E-state index in [9.17, 15) is 9.59 Å². The Balaban J connectivity index is 2.41. The minimum Gasteiger partial charge on any atom is -0.481 e. The van der Waals surface area contributed by atoms with Crippen molar-refractivity contribution in [3.63, 3.8) is 0 Å². The van der Waals surface area contributed by atoms with Crippen molar-refractivity contribution < 1.29 is 19.4 Å². The van der Waals surface area contributed by atoms with E-state index in [-0.39, 0.29) is 12.1 Å². The van der Waals surface area contributed by atoms with Crippen LogP contribution in [0.15, 0.2) is 0 Å². The molecule has 0 aliphatic carbocycles. The molecule has 1 heterocycles. The summed E-state index contributed by atoms with van der Waals surface area (Å²) in [5.74, 6) is -1.25. The Hall–Kier alpha value is -1.30. The van der Waals surface area contributed by atoms with Crippen molar-refractivity contribution in [1.29, 1.82) is 0 Å². The number of carbonyl (C=O) groups excluding carboxylic acids is 1. The number of ether oxygens (including phenoxy) is 1. The molecule has 2 N–H and O–H groups in total. The van der Waals surface area contributed by atoms with Gasteiger partial charge in [0.15, 0.2) is 0 Å². The first-order valence-electron chi connectivity index (χ1n) is 6.85. The van der Waals surface area contributed by atoms with Crippen LogP contribution in [0.3, 0.4) is 0 Å². The molecule has 2 amide bonds. The van der Waals surface area contributed by atoms with E-state index >= 15 is 0 Å². The molecule has 1 fully saturated rings. The quantitative estimate of drug-likeness (QED) is 0.732. The van der Waals surface area contributed by atoms with Gasteiger partial charge in [0, 0.05) is 20.2 Å². The zero-order chi connectivity index (χ0) is 14.3. The molecule has 1 aliphatic heterocycles. The lowest BCUT2D eigenvalue weighted by molar-refractivity contribution is -0.141. The van der Waals surface area contributed by atoms with Crippen molar-refractivity contribution >= 4 is 12.0 Å². The second-order valence-corrected chi connectivity index (χ2v) is 5.01. The molecule has 6 heteroatoms. The molecule has 2 unspecified atom stereocenters. The van der Waals surface area contributed by atoms with Crippen molar-refractivity contribution in [1.82, 2.24) is 10.2 Å². The zero-order valence-electron chi connectivity index (χ0n) is 11.7. The average molecular weight is 272 g/mol. The summed E-state index contributed by atoms with van der Waals surface area (Å²) in [6.07, 6.45) is 3.52. The molecule has 19 heavy (non-hydrogen) atoms. The molecular formula is C13H24N2O4. The van der Waals surface area contributed by atoms with Gasteiger partial charge in [-0.15, -0.1) is 0 Å². The molecule has 0 aromatic heterocycles. The summed E-state index contributed by atoms with van der Waals surface area (Å²) < 4.78 is 5.10. The highest BCUT2D eigenvalue weighted by Crippen LogP contribution is 2.16. The molecule has 0 bridgehead atoms. The van der Waals surface area contributed by atoms with Crippen LogP contribution in [-0.4, -0.2) is 54.9 Å². The summed E-state index contributed by atoms with van der Waals surface area (Å²) in [6, 6.07) is -0.178. The number of amides is 2. The van der Waals surface area contributed by atoms with Crippen LogP contribution < -0.4 is 5.32 Å². The lowest BCUT2D eigenvalue weighted by atomic mass is 10.1. The third kappa shape index (κ3) is 5.06. The predicted octanol–water partition coefficient (Wildman–Crippen LogP) is 1.31.